The van der Waals surface area contributed by atoms with Crippen LogP contribution in [0.15, 0.2) is 36.4 Å². The predicted molar refractivity (Wildman–Crippen MR) is 105 cm³/mol. The van der Waals surface area contributed by atoms with Gasteiger partial charge in [-0.25, -0.2) is 0 Å². The van der Waals surface area contributed by atoms with Crippen LogP contribution in [0.25, 0.3) is 0 Å². The molecule has 150 valence electrons. The largest absolute Gasteiger partial charge is 0.497 e. The van der Waals surface area contributed by atoms with E-state index in [9.17, 15) is 9.59 Å². The van der Waals surface area contributed by atoms with Crippen molar-refractivity contribution in [1.82, 2.24) is 4.90 Å². The monoisotopic (exact) mass is 388 g/mol. The molecule has 8 heteroatoms. The molecule has 0 aromatic heterocycles. The third-order valence-electron chi connectivity index (χ3n) is 4.01. The number of rotatable bonds is 8. The maximum atomic E-state index is 12.7. The summed E-state index contributed by atoms with van der Waals surface area (Å²) in [6, 6.07) is 10.00. The molecule has 2 aromatic carbocycles. The van der Waals surface area contributed by atoms with E-state index in [4.69, 9.17) is 18.9 Å². The summed E-state index contributed by atoms with van der Waals surface area (Å²) in [4.78, 5) is 26.3. The van der Waals surface area contributed by atoms with Crippen LogP contribution in [0.1, 0.15) is 10.4 Å². The molecule has 0 unspecified atom stereocenters. The van der Waals surface area contributed by atoms with Crippen LogP contribution in [0.3, 0.4) is 0 Å². The Balaban J connectivity index is 2.09. The number of benzene rings is 2. The summed E-state index contributed by atoms with van der Waals surface area (Å²) in [6.45, 7) is -0.123. The Labute approximate surface area is 163 Å². The summed E-state index contributed by atoms with van der Waals surface area (Å²) in [5.74, 6) is 1.12. The molecule has 2 amide bonds. The van der Waals surface area contributed by atoms with Gasteiger partial charge in [-0.15, -0.1) is 0 Å². The first kappa shape index (κ1) is 20.9. The van der Waals surface area contributed by atoms with Crippen molar-refractivity contribution in [1.29, 1.82) is 0 Å². The smallest absolute Gasteiger partial charge is 0.254 e. The molecular formula is C20H24N2O6. The molecule has 0 saturated heterocycles. The minimum Gasteiger partial charge on any atom is -0.497 e. The van der Waals surface area contributed by atoms with Crippen molar-refractivity contribution in [2.75, 3.05) is 47.3 Å². The molecule has 0 atom stereocenters. The van der Waals surface area contributed by atoms with Crippen molar-refractivity contribution in [3.8, 4) is 23.0 Å². The van der Waals surface area contributed by atoms with Gasteiger partial charge in [0, 0.05) is 18.3 Å². The molecule has 2 aromatic rings. The Kier molecular flexibility index (Phi) is 7.08. The van der Waals surface area contributed by atoms with Gasteiger partial charge in [-0.1, -0.05) is 0 Å². The second-order valence-electron chi connectivity index (χ2n) is 5.85. The summed E-state index contributed by atoms with van der Waals surface area (Å²) < 4.78 is 20.9. The number of anilines is 1. The number of amides is 2. The van der Waals surface area contributed by atoms with Crippen LogP contribution in [0.5, 0.6) is 23.0 Å². The lowest BCUT2D eigenvalue weighted by molar-refractivity contribution is -0.116. The van der Waals surface area contributed by atoms with Gasteiger partial charge in [0.15, 0.2) is 11.5 Å². The molecule has 0 saturated carbocycles. The molecular weight excluding hydrogens is 364 g/mol. The highest BCUT2D eigenvalue weighted by atomic mass is 16.5. The molecule has 0 spiro atoms. The summed E-state index contributed by atoms with van der Waals surface area (Å²) in [6.07, 6.45) is 0. The van der Waals surface area contributed by atoms with Crippen LogP contribution in [0.2, 0.25) is 0 Å². The summed E-state index contributed by atoms with van der Waals surface area (Å²) in [7, 11) is 7.53. The van der Waals surface area contributed by atoms with Crippen LogP contribution in [0, 0.1) is 0 Å². The fourth-order valence-electron chi connectivity index (χ4n) is 2.59. The SMILES string of the molecule is COc1ccc(NC(=O)CN(C)C(=O)c2cc(OC)c(OC)c(OC)c2)cc1. The van der Waals surface area contributed by atoms with Crippen molar-refractivity contribution in [2.24, 2.45) is 0 Å². The van der Waals surface area contributed by atoms with Gasteiger partial charge < -0.3 is 29.2 Å². The molecule has 28 heavy (non-hydrogen) atoms. The maximum Gasteiger partial charge on any atom is 0.254 e. The zero-order valence-electron chi connectivity index (χ0n) is 16.6. The van der Waals surface area contributed by atoms with Crippen LogP contribution >= 0.6 is 0 Å². The third kappa shape index (κ3) is 4.85. The van der Waals surface area contributed by atoms with Crippen LogP contribution in [-0.4, -0.2) is 58.7 Å². The summed E-state index contributed by atoms with van der Waals surface area (Å²) in [5.41, 5.74) is 0.925. The average molecular weight is 388 g/mol. The molecule has 8 nitrogen and oxygen atoms in total. The maximum absolute atomic E-state index is 12.7. The minimum absolute atomic E-state index is 0.123. The summed E-state index contributed by atoms with van der Waals surface area (Å²) >= 11 is 0. The Morgan fingerprint density at radius 1 is 0.893 bits per heavy atom. The Morgan fingerprint density at radius 3 is 1.93 bits per heavy atom. The summed E-state index contributed by atoms with van der Waals surface area (Å²) in [5, 5.41) is 2.74. The highest BCUT2D eigenvalue weighted by Gasteiger charge is 2.20. The van der Waals surface area contributed by atoms with E-state index in [0.717, 1.165) is 0 Å². The molecule has 0 aliphatic rings. The molecule has 0 heterocycles. The van der Waals surface area contributed by atoms with E-state index in [2.05, 4.69) is 5.32 Å². The van der Waals surface area contributed by atoms with Gasteiger partial charge in [-0.05, 0) is 36.4 Å². The van der Waals surface area contributed by atoms with Gasteiger partial charge >= 0.3 is 0 Å². The fourth-order valence-corrected chi connectivity index (χ4v) is 2.59. The highest BCUT2D eigenvalue weighted by molar-refractivity contribution is 6.00. The van der Waals surface area contributed by atoms with Crippen molar-refractivity contribution in [3.63, 3.8) is 0 Å². The van der Waals surface area contributed by atoms with Gasteiger partial charge in [0.25, 0.3) is 5.91 Å². The van der Waals surface area contributed by atoms with Crippen molar-refractivity contribution in [3.05, 3.63) is 42.0 Å². The van der Waals surface area contributed by atoms with Crippen LogP contribution in [-0.2, 0) is 4.79 Å². The van der Waals surface area contributed by atoms with Crippen molar-refractivity contribution in [2.45, 2.75) is 0 Å². The normalized spacial score (nSPS) is 10.0. The first-order valence-corrected chi connectivity index (χ1v) is 8.42. The van der Waals surface area contributed by atoms with Gasteiger partial charge in [0.05, 0.1) is 35.0 Å². The molecule has 0 aliphatic carbocycles. The number of carbonyl (C=O) groups excluding carboxylic acids is 2. The predicted octanol–water partition coefficient (Wildman–Crippen LogP) is 2.43. The third-order valence-corrected chi connectivity index (χ3v) is 4.01. The van der Waals surface area contributed by atoms with E-state index in [1.807, 2.05) is 0 Å². The standard InChI is InChI=1S/C20H24N2O6/c1-22(12-18(23)21-14-6-8-15(25-2)9-7-14)20(24)13-10-16(26-3)19(28-5)17(11-13)27-4/h6-11H,12H2,1-5H3,(H,21,23). The van der Waals surface area contributed by atoms with E-state index >= 15 is 0 Å². The topological polar surface area (TPSA) is 86.3 Å². The Bertz CT molecular complexity index is 810. The number of likely N-dealkylation sites (N-methyl/N-ethyl adjacent to an activating group) is 1. The molecule has 0 radical (unpaired) electrons. The fraction of sp³-hybridized carbons (Fsp3) is 0.300. The number of methoxy groups -OCH3 is 4. The number of hydrogen-bond donors (Lipinski definition) is 1. The average Bonchev–Trinajstić information content (AvgIpc) is 2.72. The van der Waals surface area contributed by atoms with Crippen LogP contribution in [0.4, 0.5) is 5.69 Å². The molecule has 1 N–H and O–H groups in total. The zero-order valence-corrected chi connectivity index (χ0v) is 16.6. The van der Waals surface area contributed by atoms with Crippen molar-refractivity contribution >= 4 is 17.5 Å². The number of carbonyl (C=O) groups is 2. The van der Waals surface area contributed by atoms with Gasteiger partial charge in [-0.3, -0.25) is 9.59 Å². The Hall–Kier alpha value is -3.42. The zero-order chi connectivity index (χ0) is 20.7. The lowest BCUT2D eigenvalue weighted by Crippen LogP contribution is -2.35. The quantitative estimate of drug-likeness (QED) is 0.748. The van der Waals surface area contributed by atoms with Crippen molar-refractivity contribution < 1.29 is 28.5 Å². The Morgan fingerprint density at radius 2 is 1.46 bits per heavy atom. The van der Waals surface area contributed by atoms with Gasteiger partial charge in [0.1, 0.15) is 5.75 Å². The minimum atomic E-state index is -0.357. The van der Waals surface area contributed by atoms with E-state index in [1.54, 1.807) is 50.6 Å². The first-order chi connectivity index (χ1) is 13.4. The van der Waals surface area contributed by atoms with E-state index < -0.39 is 0 Å². The molecule has 0 bridgehead atoms. The number of nitrogens with zero attached hydrogens (tertiary/aromatic N) is 1. The first-order valence-electron chi connectivity index (χ1n) is 8.42. The molecule has 0 aliphatic heterocycles. The lowest BCUT2D eigenvalue weighted by Gasteiger charge is -2.19. The van der Waals surface area contributed by atoms with E-state index in [0.29, 0.717) is 34.2 Å². The number of nitrogens with one attached hydrogen (secondary N) is 1. The van der Waals surface area contributed by atoms with Gasteiger partial charge in [0.2, 0.25) is 11.7 Å². The number of ether oxygens (including phenoxy) is 4. The van der Waals surface area contributed by atoms with Gasteiger partial charge in [-0.2, -0.15) is 0 Å². The lowest BCUT2D eigenvalue weighted by atomic mass is 10.1. The van der Waals surface area contributed by atoms with E-state index in [1.165, 1.54) is 26.2 Å². The molecule has 0 fully saturated rings. The second-order valence-corrected chi connectivity index (χ2v) is 5.85. The van der Waals surface area contributed by atoms with Crippen LogP contribution < -0.4 is 24.3 Å². The number of hydrogen-bond acceptors (Lipinski definition) is 6. The second kappa shape index (κ2) is 9.50. The molecule has 2 rings (SSSR count). The van der Waals surface area contributed by atoms with E-state index in [-0.39, 0.29) is 18.4 Å². The highest BCUT2D eigenvalue weighted by Crippen LogP contribution is 2.38.